The van der Waals surface area contributed by atoms with Crippen LogP contribution < -0.4 is 10.1 Å². The molecule has 1 fully saturated rings. The van der Waals surface area contributed by atoms with Crippen molar-refractivity contribution in [1.82, 2.24) is 9.88 Å². The topological polar surface area (TPSA) is 37.4 Å². The van der Waals surface area contributed by atoms with Gasteiger partial charge in [0.2, 0.25) is 0 Å². The van der Waals surface area contributed by atoms with E-state index in [0.29, 0.717) is 0 Å². The van der Waals surface area contributed by atoms with Crippen LogP contribution >= 0.6 is 11.3 Å². The van der Waals surface area contributed by atoms with Crippen molar-refractivity contribution in [1.29, 1.82) is 0 Å². The first-order valence-corrected chi connectivity index (χ1v) is 12.3. The molecule has 1 aromatic carbocycles. The first-order valence-electron chi connectivity index (χ1n) is 11.4. The van der Waals surface area contributed by atoms with Crippen molar-refractivity contribution >= 4 is 22.2 Å². The molecule has 0 amide bonds. The fraction of sp³-hybridized carbons (Fsp3) is 0.625. The van der Waals surface area contributed by atoms with Gasteiger partial charge in [0.05, 0.1) is 12.3 Å². The third-order valence-corrected chi connectivity index (χ3v) is 6.49. The maximum absolute atomic E-state index is 5.87. The Morgan fingerprint density at radius 3 is 2.55 bits per heavy atom. The normalized spacial score (nSPS) is 15.5. The summed E-state index contributed by atoms with van der Waals surface area (Å²) in [4.78, 5) is 7.29. The van der Waals surface area contributed by atoms with Gasteiger partial charge in [-0.15, -0.1) is 11.3 Å². The molecule has 0 saturated carbocycles. The molecular weight excluding hydrogens is 378 g/mol. The van der Waals surface area contributed by atoms with Gasteiger partial charge in [-0.2, -0.15) is 0 Å². The molecule has 0 bridgehead atoms. The third-order valence-electron chi connectivity index (χ3n) is 5.69. The van der Waals surface area contributed by atoms with E-state index in [1.54, 1.807) is 11.3 Å². The van der Waals surface area contributed by atoms with Gasteiger partial charge in [0, 0.05) is 17.6 Å². The van der Waals surface area contributed by atoms with Crippen molar-refractivity contribution < 1.29 is 4.74 Å². The van der Waals surface area contributed by atoms with Crippen LogP contribution in [-0.2, 0) is 6.54 Å². The van der Waals surface area contributed by atoms with Crippen molar-refractivity contribution in [2.45, 2.75) is 71.8 Å². The molecule has 0 atom stereocenters. The number of hydrogen-bond donors (Lipinski definition) is 1. The number of rotatable bonds is 12. The second-order valence-corrected chi connectivity index (χ2v) is 9.23. The molecule has 0 radical (unpaired) electrons. The van der Waals surface area contributed by atoms with Crippen LogP contribution in [0.5, 0.6) is 5.75 Å². The lowest BCUT2D eigenvalue weighted by atomic mass is 9.99. The monoisotopic (exact) mass is 415 g/mol. The largest absolute Gasteiger partial charge is 0.494 e. The summed E-state index contributed by atoms with van der Waals surface area (Å²) in [6, 6.07) is 8.24. The number of benzene rings is 1. The smallest absolute Gasteiger partial charge is 0.187 e. The summed E-state index contributed by atoms with van der Waals surface area (Å²) in [5.41, 5.74) is 2.23. The Morgan fingerprint density at radius 1 is 1.07 bits per heavy atom. The fourth-order valence-corrected chi connectivity index (χ4v) is 4.44. The molecule has 1 saturated heterocycles. The summed E-state index contributed by atoms with van der Waals surface area (Å²) in [5, 5.41) is 6.57. The van der Waals surface area contributed by atoms with Crippen LogP contribution in [0.25, 0.3) is 0 Å². The van der Waals surface area contributed by atoms with Crippen molar-refractivity contribution in [2.24, 2.45) is 5.92 Å². The summed E-state index contributed by atoms with van der Waals surface area (Å²) in [6.07, 6.45) is 10.4. The van der Waals surface area contributed by atoms with Gasteiger partial charge in [0.25, 0.3) is 0 Å². The van der Waals surface area contributed by atoms with Crippen LogP contribution in [0.3, 0.4) is 0 Å². The van der Waals surface area contributed by atoms with E-state index in [1.807, 2.05) is 12.1 Å². The van der Waals surface area contributed by atoms with Crippen LogP contribution in [-0.4, -0.2) is 29.6 Å². The molecule has 2 aromatic rings. The quantitative estimate of drug-likeness (QED) is 0.384. The zero-order valence-corrected chi connectivity index (χ0v) is 19.0. The molecule has 1 aliphatic rings. The number of thiazole rings is 1. The van der Waals surface area contributed by atoms with Crippen LogP contribution in [0.1, 0.15) is 70.9 Å². The van der Waals surface area contributed by atoms with Gasteiger partial charge in [-0.25, -0.2) is 4.98 Å². The number of hydrogen-bond acceptors (Lipinski definition) is 5. The van der Waals surface area contributed by atoms with Crippen molar-refractivity contribution in [3.63, 3.8) is 0 Å². The standard InChI is InChI=1S/C24H37N3OS/c1-3-4-5-6-7-8-17-28-23-11-9-21(10-12-23)25-24-26-22(19-29-24)18-27-15-13-20(2)14-16-27/h9-12,19-20H,3-8,13-18H2,1-2H3,(H,25,26). The van der Waals surface area contributed by atoms with E-state index in [4.69, 9.17) is 9.72 Å². The van der Waals surface area contributed by atoms with Gasteiger partial charge >= 0.3 is 0 Å². The molecule has 160 valence electrons. The molecule has 1 aromatic heterocycles. The minimum absolute atomic E-state index is 0.810. The average Bonchev–Trinajstić information content (AvgIpc) is 3.17. The lowest BCUT2D eigenvalue weighted by Crippen LogP contribution is -2.32. The lowest BCUT2D eigenvalue weighted by Gasteiger charge is -2.29. The van der Waals surface area contributed by atoms with E-state index in [2.05, 4.69) is 41.6 Å². The van der Waals surface area contributed by atoms with Gasteiger partial charge in [0.1, 0.15) is 5.75 Å². The molecule has 1 N–H and O–H groups in total. The lowest BCUT2D eigenvalue weighted by molar-refractivity contribution is 0.184. The Morgan fingerprint density at radius 2 is 1.79 bits per heavy atom. The van der Waals surface area contributed by atoms with Gasteiger partial charge in [0.15, 0.2) is 5.13 Å². The second-order valence-electron chi connectivity index (χ2n) is 8.37. The molecular formula is C24H37N3OS. The minimum Gasteiger partial charge on any atom is -0.494 e. The van der Waals surface area contributed by atoms with E-state index < -0.39 is 0 Å². The van der Waals surface area contributed by atoms with Gasteiger partial charge in [-0.05, 0) is 62.5 Å². The van der Waals surface area contributed by atoms with E-state index in [-0.39, 0.29) is 0 Å². The highest BCUT2D eigenvalue weighted by Gasteiger charge is 2.16. The summed E-state index contributed by atoms with van der Waals surface area (Å²) in [5.74, 6) is 1.82. The minimum atomic E-state index is 0.810. The average molecular weight is 416 g/mol. The molecule has 0 spiro atoms. The number of piperidine rings is 1. The van der Waals surface area contributed by atoms with Gasteiger partial charge < -0.3 is 10.1 Å². The number of nitrogens with one attached hydrogen (secondary N) is 1. The molecule has 4 nitrogen and oxygen atoms in total. The molecule has 29 heavy (non-hydrogen) atoms. The van der Waals surface area contributed by atoms with Crippen LogP contribution in [0, 0.1) is 5.92 Å². The Labute approximate surface area is 180 Å². The highest BCUT2D eigenvalue weighted by atomic mass is 32.1. The highest BCUT2D eigenvalue weighted by molar-refractivity contribution is 7.13. The number of aromatic nitrogens is 1. The van der Waals surface area contributed by atoms with Crippen LogP contribution in [0.15, 0.2) is 29.6 Å². The van der Waals surface area contributed by atoms with Gasteiger partial charge in [-0.1, -0.05) is 46.0 Å². The summed E-state index contributed by atoms with van der Waals surface area (Å²) < 4.78 is 5.87. The van der Waals surface area contributed by atoms with Crippen LogP contribution in [0.2, 0.25) is 0 Å². The predicted molar refractivity (Wildman–Crippen MR) is 124 cm³/mol. The van der Waals surface area contributed by atoms with E-state index in [0.717, 1.165) is 42.1 Å². The highest BCUT2D eigenvalue weighted by Crippen LogP contribution is 2.25. The number of anilines is 2. The van der Waals surface area contributed by atoms with Crippen molar-refractivity contribution in [3.05, 3.63) is 35.3 Å². The van der Waals surface area contributed by atoms with E-state index >= 15 is 0 Å². The molecule has 1 aliphatic heterocycles. The Balaban J connectivity index is 1.37. The van der Waals surface area contributed by atoms with Crippen LogP contribution in [0.4, 0.5) is 10.8 Å². The van der Waals surface area contributed by atoms with E-state index in [1.165, 1.54) is 63.7 Å². The predicted octanol–water partition coefficient (Wildman–Crippen LogP) is 6.86. The zero-order chi connectivity index (χ0) is 20.3. The third kappa shape index (κ3) is 7.98. The second kappa shape index (κ2) is 12.2. The first-order chi connectivity index (χ1) is 14.2. The Kier molecular flexibility index (Phi) is 9.29. The first kappa shape index (κ1) is 22.1. The zero-order valence-electron chi connectivity index (χ0n) is 18.2. The number of unbranched alkanes of at least 4 members (excludes halogenated alkanes) is 5. The van der Waals surface area contributed by atoms with Crippen molar-refractivity contribution in [2.75, 3.05) is 25.0 Å². The Hall–Kier alpha value is -1.59. The fourth-order valence-electron chi connectivity index (χ4n) is 3.72. The maximum Gasteiger partial charge on any atom is 0.187 e. The number of ether oxygens (including phenoxy) is 1. The summed E-state index contributed by atoms with van der Waals surface area (Å²) in [6.45, 7) is 8.78. The molecule has 0 unspecified atom stereocenters. The summed E-state index contributed by atoms with van der Waals surface area (Å²) in [7, 11) is 0. The van der Waals surface area contributed by atoms with Crippen molar-refractivity contribution in [3.8, 4) is 5.75 Å². The molecule has 0 aliphatic carbocycles. The SMILES string of the molecule is CCCCCCCCOc1ccc(Nc2nc(CN3CCC(C)CC3)cs2)cc1. The van der Waals surface area contributed by atoms with Gasteiger partial charge in [-0.3, -0.25) is 4.90 Å². The molecule has 5 heteroatoms. The molecule has 2 heterocycles. The number of nitrogens with zero attached hydrogens (tertiary/aromatic N) is 2. The Bertz CT molecular complexity index is 692. The maximum atomic E-state index is 5.87. The summed E-state index contributed by atoms with van der Waals surface area (Å²) >= 11 is 1.68. The molecule has 3 rings (SSSR count). The number of likely N-dealkylation sites (tertiary alicyclic amines) is 1. The van der Waals surface area contributed by atoms with E-state index in [9.17, 15) is 0 Å².